The van der Waals surface area contributed by atoms with Crippen LogP contribution in [0, 0.1) is 9.86 Å². The van der Waals surface area contributed by atoms with Crippen LogP contribution in [0.3, 0.4) is 0 Å². The minimum absolute atomic E-state index is 0.588. The molecule has 0 heterocycles. The Balaban J connectivity index is 7.14. The monoisotopic (exact) mass is 559 g/mol. The maximum absolute atomic E-state index is 17.6. The Kier molecular flexibility index (Phi) is 8.95. The van der Waals surface area contributed by atoms with Crippen molar-refractivity contribution in [3.63, 3.8) is 0 Å². The average Bonchev–Trinajstić information content (AvgIpc) is 2.25. The third kappa shape index (κ3) is 7.03. The van der Waals surface area contributed by atoms with Gasteiger partial charge >= 0.3 is 177 Å². The van der Waals surface area contributed by atoms with E-state index in [1.807, 2.05) is 4.91 Å². The van der Waals surface area contributed by atoms with Gasteiger partial charge in [0, 0.05) is 0 Å². The van der Waals surface area contributed by atoms with Crippen LogP contribution in [0.4, 0.5) is 5.73 Å². The number of hydrogen-bond donors (Lipinski definition) is 0. The molecule has 0 unspecified atom stereocenters. The first-order valence-corrected chi connectivity index (χ1v) is 30.2. The first kappa shape index (κ1) is 28.0. The molecule has 0 aromatic carbocycles. The zero-order valence-corrected chi connectivity index (χ0v) is 27.1. The van der Waals surface area contributed by atoms with Crippen LogP contribution < -0.4 is 0 Å². The summed E-state index contributed by atoms with van der Waals surface area (Å²) in [5.41, 5.74) is 0. The van der Waals surface area contributed by atoms with Gasteiger partial charge in [-0.1, -0.05) is 0 Å². The van der Waals surface area contributed by atoms with Crippen LogP contribution in [0.2, 0.25) is 78.6 Å². The van der Waals surface area contributed by atoms with Crippen molar-refractivity contribution in [1.29, 1.82) is 0 Å². The molecule has 27 heavy (non-hydrogen) atoms. The van der Waals surface area contributed by atoms with Crippen LogP contribution in [-0.4, -0.2) is 56.5 Å². The molecule has 0 saturated heterocycles. The second kappa shape index (κ2) is 8.63. The van der Waals surface area contributed by atoms with Gasteiger partial charge in [0.05, 0.1) is 0 Å². The van der Waals surface area contributed by atoms with Gasteiger partial charge in [-0.15, -0.1) is 0 Å². The zero-order chi connectivity index (χ0) is 22.1. The van der Waals surface area contributed by atoms with E-state index in [0.717, 1.165) is 12.8 Å². The van der Waals surface area contributed by atoms with Gasteiger partial charge in [-0.25, -0.2) is 0 Å². The van der Waals surface area contributed by atoms with Crippen LogP contribution in [0.1, 0.15) is 26.2 Å². The molecule has 0 N–H and O–H groups in total. The van der Waals surface area contributed by atoms with Gasteiger partial charge in [0.25, 0.3) is 0 Å². The third-order valence-electron chi connectivity index (χ3n) is 4.39. The summed E-state index contributed by atoms with van der Waals surface area (Å²) in [6.07, 6.45) is 2.48. The Morgan fingerprint density at radius 2 is 0.963 bits per heavy atom. The van der Waals surface area contributed by atoms with E-state index in [2.05, 4.69) is 95.3 Å². The number of unbranched alkanes of at least 4 members (excludes halogenated alkanes) is 2. The fourth-order valence-electron chi connectivity index (χ4n) is 4.98. The van der Waals surface area contributed by atoms with E-state index < -0.39 is 51.6 Å². The summed E-state index contributed by atoms with van der Waals surface area (Å²) in [7, 11) is -9.12. The summed E-state index contributed by atoms with van der Waals surface area (Å²) < 4.78 is 41.7. The SMILES string of the molecule is CCCCC#[C][Sn-]([F])([F])([N]([Si](C)(C)C)[Si](C)(C)C)[N]([Si](C)(C)C)[Si](C)(C)C. The van der Waals surface area contributed by atoms with Gasteiger partial charge in [0.2, 0.25) is 0 Å². The third-order valence-corrected chi connectivity index (χ3v) is 57.0. The Morgan fingerprint density at radius 3 is 1.19 bits per heavy atom. The number of nitrogens with zero attached hydrogens (tertiary/aromatic N) is 2. The molecule has 9 heteroatoms. The fraction of sp³-hybridized carbons (Fsp3) is 0.889. The predicted molar refractivity (Wildman–Crippen MR) is 132 cm³/mol. The van der Waals surface area contributed by atoms with Crippen LogP contribution in [0.15, 0.2) is 0 Å². The number of hydrogen-bond acceptors (Lipinski definition) is 2. The summed E-state index contributed by atoms with van der Waals surface area (Å²) in [4.78, 5) is 0. The van der Waals surface area contributed by atoms with Crippen molar-refractivity contribution in [2.75, 3.05) is 0 Å². The average molecular weight is 559 g/mol. The molecule has 0 aromatic rings. The summed E-state index contributed by atoms with van der Waals surface area (Å²) in [5.74, 6) is 3.02. The topological polar surface area (TPSA) is 6.48 Å². The van der Waals surface area contributed by atoms with E-state index in [9.17, 15) is 0 Å². The van der Waals surface area contributed by atoms with Crippen LogP contribution >= 0.6 is 0 Å². The minimum atomic E-state index is -6.73. The number of rotatable bonds is 8. The summed E-state index contributed by atoms with van der Waals surface area (Å²) in [6.45, 7) is 27.2. The van der Waals surface area contributed by atoms with E-state index >= 15 is 5.73 Å². The van der Waals surface area contributed by atoms with Crippen molar-refractivity contribution in [2.24, 2.45) is 0 Å². The molecule has 0 amide bonds. The van der Waals surface area contributed by atoms with Gasteiger partial charge in [0.15, 0.2) is 0 Å². The van der Waals surface area contributed by atoms with Crippen LogP contribution in [0.25, 0.3) is 0 Å². The Bertz CT molecular complexity index is 512. The van der Waals surface area contributed by atoms with E-state index in [1.165, 1.54) is 0 Å². The second-order valence-electron chi connectivity index (χ2n) is 11.7. The fourth-order valence-corrected chi connectivity index (χ4v) is 74.0. The van der Waals surface area contributed by atoms with Crippen LogP contribution in [0.5, 0.6) is 0 Å². The molecule has 0 aromatic heterocycles. The normalized spacial score (nSPS) is 16.1. The molecule has 0 rings (SSSR count). The molecule has 0 radical (unpaired) electrons. The van der Waals surface area contributed by atoms with Crippen molar-refractivity contribution in [3.05, 3.63) is 0 Å². The summed E-state index contributed by atoms with van der Waals surface area (Å²) in [6, 6.07) is 0. The molecule has 0 bridgehead atoms. The van der Waals surface area contributed by atoms with E-state index in [1.54, 1.807) is 0 Å². The first-order valence-electron chi connectivity index (χ1n) is 10.3. The molecular formula is C18H45F2N2Si4Sn-. The number of halogens is 2. The maximum atomic E-state index is 17.6. The molecule has 0 saturated carbocycles. The van der Waals surface area contributed by atoms with E-state index in [0.29, 0.717) is 6.42 Å². The molecule has 0 atom stereocenters. The molecule has 162 valence electrons. The Labute approximate surface area is 176 Å². The molecule has 0 spiro atoms. The van der Waals surface area contributed by atoms with Gasteiger partial charge in [-0.05, 0) is 0 Å². The van der Waals surface area contributed by atoms with Gasteiger partial charge < -0.3 is 0 Å². The molecular weight excluding hydrogens is 513 g/mol. The van der Waals surface area contributed by atoms with Crippen molar-refractivity contribution >= 4 is 51.6 Å². The predicted octanol–water partition coefficient (Wildman–Crippen LogP) is 6.99. The summed E-state index contributed by atoms with van der Waals surface area (Å²) >= 11 is -6.73. The Morgan fingerprint density at radius 1 is 0.667 bits per heavy atom. The molecule has 0 aliphatic heterocycles. The molecule has 2 nitrogen and oxygen atoms in total. The van der Waals surface area contributed by atoms with Gasteiger partial charge in [-0.3, -0.25) is 0 Å². The van der Waals surface area contributed by atoms with Gasteiger partial charge in [0.1, 0.15) is 0 Å². The van der Waals surface area contributed by atoms with E-state index in [-0.39, 0.29) is 0 Å². The van der Waals surface area contributed by atoms with E-state index in [4.69, 9.17) is 0 Å². The molecule has 0 aliphatic carbocycles. The van der Waals surface area contributed by atoms with Crippen molar-refractivity contribution in [1.82, 2.24) is 4.91 Å². The molecule has 0 fully saturated rings. The van der Waals surface area contributed by atoms with Crippen molar-refractivity contribution < 1.29 is 5.73 Å². The van der Waals surface area contributed by atoms with Crippen molar-refractivity contribution in [2.45, 2.75) is 105 Å². The standard InChI is InChI=1S/2C6H18NSi2.C6H9.2FH.Sn/c2*1-8(2,3)7-9(4,5)6;1-3-5-6-4-2;;;/h2*1-6H3;3,5-6H2,1H3;2*1H;/q2*-1;;;;+3/p-2. The van der Waals surface area contributed by atoms with Gasteiger partial charge in [-0.2, -0.15) is 0 Å². The quantitative estimate of drug-likeness (QED) is 0.180. The van der Waals surface area contributed by atoms with Crippen LogP contribution in [-0.2, 0) is 0 Å². The first-order chi connectivity index (χ1) is 11.6. The summed E-state index contributed by atoms with van der Waals surface area (Å²) in [5, 5.41) is 0. The van der Waals surface area contributed by atoms with Crippen molar-refractivity contribution in [3.8, 4) is 9.86 Å². The second-order valence-corrected chi connectivity index (χ2v) is 45.4. The zero-order valence-electron chi connectivity index (χ0n) is 20.3. The Hall–Kier alpha value is 1.01. The molecule has 0 aliphatic rings.